The molecule has 0 bridgehead atoms. The quantitative estimate of drug-likeness (QED) is 0.0130. The Morgan fingerprint density at radius 2 is 0.685 bits per heavy atom. The van der Waals surface area contributed by atoms with Crippen LogP contribution in [-0.4, -0.2) is 158 Å². The number of alkyl halides is 12. The van der Waals surface area contributed by atoms with Gasteiger partial charge in [0.1, 0.15) is 10.1 Å². The Hall–Kier alpha value is -2.91. The molecule has 92 heavy (non-hydrogen) atoms. The second-order valence-electron chi connectivity index (χ2n) is 19.5. The van der Waals surface area contributed by atoms with Gasteiger partial charge in [-0.15, -0.1) is 65.3 Å². The number of ether oxygens (including phenoxy) is 10. The summed E-state index contributed by atoms with van der Waals surface area (Å²) < 4.78 is 250. The summed E-state index contributed by atoms with van der Waals surface area (Å²) in [6.07, 6.45) is -6.43. The summed E-state index contributed by atoms with van der Waals surface area (Å²) >= 11 is 0. The summed E-state index contributed by atoms with van der Waals surface area (Å²) in [7, 11) is -8.69. The van der Waals surface area contributed by atoms with E-state index in [1.165, 1.54) is 0 Å². The van der Waals surface area contributed by atoms with Gasteiger partial charge in [0, 0.05) is 6.08 Å². The summed E-state index contributed by atoms with van der Waals surface area (Å²) in [5.74, 6) is -8.67. The zero-order chi connectivity index (χ0) is 68.9. The van der Waals surface area contributed by atoms with Crippen LogP contribution in [0.25, 0.3) is 0 Å². The molecule has 0 fully saturated rings. The van der Waals surface area contributed by atoms with Gasteiger partial charge in [0.05, 0.1) is 90.4 Å². The minimum atomic E-state index is -5.58. The fourth-order valence-electron chi connectivity index (χ4n) is 7.34. The first kappa shape index (κ1) is 97.8. The van der Waals surface area contributed by atoms with Gasteiger partial charge in [-0.05, 0) is 89.9 Å². The predicted molar refractivity (Wildman–Crippen MR) is 290 cm³/mol. The average Bonchev–Trinajstić information content (AvgIpc) is 0.895. The summed E-state index contributed by atoms with van der Waals surface area (Å²) in [4.78, 5) is 74.9. The molecule has 0 aliphatic rings. The molecular weight excluding hydrogens is 1340 g/mol. The van der Waals surface area contributed by atoms with Crippen LogP contribution in [0.1, 0.15) is 195 Å². The third-order valence-corrected chi connectivity index (χ3v) is 12.8. The summed E-state index contributed by atoms with van der Waals surface area (Å²) in [5, 5.41) is -2.65. The fraction of sp³-hybridized carbons (Fsp3) is 0.852. The molecule has 0 saturated carbocycles. The summed E-state index contributed by atoms with van der Waals surface area (Å²) in [6.45, 7) is 1.25. The molecule has 532 valence electrons. The van der Waals surface area contributed by atoms with Crippen LogP contribution in [0.3, 0.4) is 0 Å². The van der Waals surface area contributed by atoms with Crippen molar-refractivity contribution in [1.29, 1.82) is 0 Å². The van der Waals surface area contributed by atoms with E-state index in [0.717, 1.165) is 57.4 Å². The van der Waals surface area contributed by atoms with Crippen molar-refractivity contribution < 1.29 is 215 Å². The van der Waals surface area contributed by atoms with Crippen molar-refractivity contribution in [2.45, 2.75) is 224 Å². The van der Waals surface area contributed by atoms with Crippen LogP contribution in [0.4, 0.5) is 52.7 Å². The Morgan fingerprint density at radius 1 is 0.413 bits per heavy atom. The first-order chi connectivity index (χ1) is 42.0. The Bertz CT molecular complexity index is 2210. The van der Waals surface area contributed by atoms with Gasteiger partial charge >= 0.3 is 131 Å². The average molecular weight is 1430 g/mol. The smallest absolute Gasteiger partial charge is 1.00 e. The number of hydrogen-bond acceptors (Lipinski definition) is 22. The zero-order valence-electron chi connectivity index (χ0n) is 53.4. The van der Waals surface area contributed by atoms with E-state index >= 15 is 0 Å². The molecule has 0 rings (SSSR count). The van der Waals surface area contributed by atoms with E-state index in [-0.39, 0.29) is 157 Å². The number of carbonyl (C=O) groups excluding carboxylic acids is 6. The molecule has 0 aliphatic carbocycles. The van der Waals surface area contributed by atoms with Crippen LogP contribution in [0.2, 0.25) is 0 Å². The van der Waals surface area contributed by atoms with Crippen LogP contribution in [0.5, 0.6) is 0 Å². The van der Waals surface area contributed by atoms with E-state index in [1.54, 1.807) is 0 Å². The number of halogens is 12. The van der Waals surface area contributed by atoms with Crippen molar-refractivity contribution in [2.75, 3.05) is 66.1 Å². The minimum absolute atomic E-state index is 0. The van der Waals surface area contributed by atoms with Crippen molar-refractivity contribution in [3.05, 3.63) is 11.6 Å². The maximum absolute atomic E-state index is 12.8. The molecule has 22 nitrogen and oxygen atoms in total. The van der Waals surface area contributed by atoms with Gasteiger partial charge in [-0.2, -0.15) is 0 Å². The standard InChI is InChI=1S/C27H44F6O11S.C27H42F6O8.2Na.O3S.H/c1-2-3-4-5-10-15-40-22(34)20-21(24(35)41-16-11-6-8-13-18-43-26(28,29)30)23(45(37,38)39)25(36)42-17-12-7-9-14-19-44-27(31,32)33;1-2-3-4-5-10-15-37-23(34)20-22(25(36)39-17-12-7-9-14-19-41-27(31,32)33)21-24(35)38-16-11-6-8-13-18-40-26(28,29)30;;;1-4(2)3;/h21,23H,2-20H2,1H3,(H,37,38,39);21H,2-20H2,1H3;;;;/q;;2*+1;;-1/p-1. The van der Waals surface area contributed by atoms with Crippen molar-refractivity contribution >= 4 is 56.5 Å². The number of unbranched alkanes of at least 4 members (excludes halogenated alkanes) is 20. The van der Waals surface area contributed by atoms with Crippen molar-refractivity contribution in [2.24, 2.45) is 5.92 Å². The molecule has 38 heteroatoms. The zero-order valence-corrected chi connectivity index (χ0v) is 58.1. The largest absolute Gasteiger partial charge is 1.00 e. The van der Waals surface area contributed by atoms with Gasteiger partial charge in [-0.1, -0.05) is 90.9 Å². The minimum Gasteiger partial charge on any atom is -1.00 e. The van der Waals surface area contributed by atoms with E-state index in [1.807, 2.05) is 6.92 Å². The molecule has 0 radical (unpaired) electrons. The number of esters is 6. The van der Waals surface area contributed by atoms with Gasteiger partial charge < -0.3 is 34.4 Å². The second kappa shape index (κ2) is 59.4. The second-order valence-corrected chi connectivity index (χ2v) is 21.4. The molecule has 0 aromatic rings. The first-order valence-electron chi connectivity index (χ1n) is 29.3. The number of hydrogen-bond donors (Lipinski definition) is 0. The molecule has 2 unspecified atom stereocenters. The van der Waals surface area contributed by atoms with Crippen LogP contribution >= 0.6 is 0 Å². The summed E-state index contributed by atoms with van der Waals surface area (Å²) in [5.41, 5.74) is -0.270. The summed E-state index contributed by atoms with van der Waals surface area (Å²) in [6, 6.07) is 0. The van der Waals surface area contributed by atoms with Crippen molar-refractivity contribution in [3.8, 4) is 0 Å². The molecule has 2 atom stereocenters. The maximum atomic E-state index is 12.8. The molecule has 0 heterocycles. The van der Waals surface area contributed by atoms with Crippen molar-refractivity contribution in [3.63, 3.8) is 0 Å². The van der Waals surface area contributed by atoms with Crippen LogP contribution < -0.4 is 59.1 Å². The SMILES string of the molecule is CCCCCCCOC(=O)CC(=CC(=O)OCCCCCCOC(F)(F)F)C(=O)OCCCCCCOC(F)(F)F.CCCCCCCOC(=O)CC(C(=O)OCCCCCCOC(F)(F)F)C(C(=O)OCCCCCCOC(F)(F)F)S(=O)(=O)[O-].O=S(=O)=O.[H-].[Na+].[Na+]. The van der Waals surface area contributed by atoms with E-state index < -0.39 is 139 Å². The molecular formula is C54H86F12Na2O22S2. The van der Waals surface area contributed by atoms with Crippen molar-refractivity contribution in [1.82, 2.24) is 0 Å². The Labute approximate surface area is 575 Å². The van der Waals surface area contributed by atoms with Crippen LogP contribution in [0.15, 0.2) is 11.6 Å². The fourth-order valence-corrected chi connectivity index (χ4v) is 8.25. The monoisotopic (exact) mass is 1420 g/mol. The van der Waals surface area contributed by atoms with Gasteiger partial charge in [0.2, 0.25) is 0 Å². The Kier molecular flexibility index (Phi) is 63.1. The van der Waals surface area contributed by atoms with Gasteiger partial charge in [0.15, 0.2) is 5.25 Å². The van der Waals surface area contributed by atoms with Crippen LogP contribution in [0, 0.1) is 5.92 Å². The third-order valence-electron chi connectivity index (χ3n) is 11.7. The van der Waals surface area contributed by atoms with E-state index in [2.05, 4.69) is 25.9 Å². The predicted octanol–water partition coefficient (Wildman–Crippen LogP) is 5.91. The normalized spacial score (nSPS) is 12.4. The Balaban J connectivity index is -0.000000374. The van der Waals surface area contributed by atoms with E-state index in [0.29, 0.717) is 57.8 Å². The topological polar surface area (TPSA) is 303 Å². The van der Waals surface area contributed by atoms with Gasteiger partial charge in [0.25, 0.3) is 0 Å². The van der Waals surface area contributed by atoms with E-state index in [4.69, 9.17) is 41.0 Å². The van der Waals surface area contributed by atoms with Gasteiger partial charge in [-0.3, -0.25) is 38.1 Å². The van der Waals surface area contributed by atoms with Gasteiger partial charge in [-0.25, -0.2) is 18.0 Å². The Morgan fingerprint density at radius 3 is 1.00 bits per heavy atom. The molecule has 0 aromatic heterocycles. The maximum Gasteiger partial charge on any atom is 1.00 e. The number of carbonyl (C=O) groups is 6. The molecule has 0 aliphatic heterocycles. The molecule has 0 amide bonds. The third kappa shape index (κ3) is 71.4. The molecule has 0 saturated heterocycles. The number of rotatable bonds is 50. The molecule has 0 aromatic carbocycles. The molecule has 0 spiro atoms. The van der Waals surface area contributed by atoms with Crippen LogP contribution in [-0.2, 0) is 96.9 Å². The first-order valence-corrected chi connectivity index (χ1v) is 31.7. The molecule has 0 N–H and O–H groups in total. The van der Waals surface area contributed by atoms with E-state index in [9.17, 15) is 94.4 Å².